The Balaban J connectivity index is 0.00000163. The van der Waals surface area contributed by atoms with Crippen molar-refractivity contribution < 1.29 is 0 Å². The quantitative estimate of drug-likeness (QED) is 0.300. The SMILES string of the molecule is C/C=C/CCCC/C=C/C(C)(C)CCCc1ccccc1.CCC. The summed E-state index contributed by atoms with van der Waals surface area (Å²) in [6.07, 6.45) is 19.3. The predicted octanol–water partition coefficient (Wildman–Crippen LogP) is 8.14. The molecule has 0 aliphatic heterocycles. The van der Waals surface area contributed by atoms with E-state index in [-0.39, 0.29) is 0 Å². The van der Waals surface area contributed by atoms with Crippen LogP contribution < -0.4 is 0 Å². The van der Waals surface area contributed by atoms with E-state index in [4.69, 9.17) is 0 Å². The Hall–Kier alpha value is -1.30. The summed E-state index contributed by atoms with van der Waals surface area (Å²) in [6, 6.07) is 10.8. The van der Waals surface area contributed by atoms with Gasteiger partial charge < -0.3 is 0 Å². The second-order valence-corrected chi connectivity index (χ2v) is 7.29. The first-order chi connectivity index (χ1) is 11.6. The summed E-state index contributed by atoms with van der Waals surface area (Å²) in [7, 11) is 0. The highest BCUT2D eigenvalue weighted by Crippen LogP contribution is 2.25. The van der Waals surface area contributed by atoms with Crippen LogP contribution in [0.3, 0.4) is 0 Å². The van der Waals surface area contributed by atoms with Crippen LogP contribution >= 0.6 is 0 Å². The zero-order valence-corrected chi connectivity index (χ0v) is 16.9. The van der Waals surface area contributed by atoms with Crippen molar-refractivity contribution in [2.24, 2.45) is 5.41 Å². The van der Waals surface area contributed by atoms with Crippen LogP contribution in [0.15, 0.2) is 54.6 Å². The average Bonchev–Trinajstić information content (AvgIpc) is 2.55. The van der Waals surface area contributed by atoms with Crippen molar-refractivity contribution in [3.8, 4) is 0 Å². The fourth-order valence-electron chi connectivity index (χ4n) is 2.57. The standard InChI is InChI=1S/C21H32.C3H8/c1-4-5-6-7-8-9-13-18-21(2,3)19-14-17-20-15-11-10-12-16-20;1-3-2/h4-5,10-13,15-16,18H,6-9,14,17,19H2,1-3H3;3H2,1-2H3/b5-4+,18-13+;. The summed E-state index contributed by atoms with van der Waals surface area (Å²) < 4.78 is 0. The summed E-state index contributed by atoms with van der Waals surface area (Å²) in [4.78, 5) is 0. The normalized spacial score (nSPS) is 11.7. The largest absolute Gasteiger partial charge is 0.0917 e. The van der Waals surface area contributed by atoms with E-state index >= 15 is 0 Å². The minimum atomic E-state index is 0.331. The van der Waals surface area contributed by atoms with Crippen molar-refractivity contribution in [3.05, 3.63) is 60.2 Å². The molecule has 1 aromatic carbocycles. The van der Waals surface area contributed by atoms with Crippen LogP contribution in [0.5, 0.6) is 0 Å². The van der Waals surface area contributed by atoms with Crippen molar-refractivity contribution in [3.63, 3.8) is 0 Å². The number of rotatable bonds is 10. The monoisotopic (exact) mass is 328 g/mol. The smallest absolute Gasteiger partial charge is 0.0175 e. The minimum absolute atomic E-state index is 0.331. The fraction of sp³-hybridized carbons (Fsp3) is 0.583. The molecule has 0 nitrogen and oxygen atoms in total. The van der Waals surface area contributed by atoms with Crippen LogP contribution in [0, 0.1) is 5.41 Å². The maximum atomic E-state index is 2.42. The van der Waals surface area contributed by atoms with Crippen molar-refractivity contribution in [2.45, 2.75) is 86.0 Å². The Kier molecular flexibility index (Phi) is 14.4. The van der Waals surface area contributed by atoms with Gasteiger partial charge in [-0.25, -0.2) is 0 Å². The highest BCUT2D eigenvalue weighted by molar-refractivity contribution is 5.14. The second-order valence-electron chi connectivity index (χ2n) is 7.29. The third kappa shape index (κ3) is 14.3. The first-order valence-electron chi connectivity index (χ1n) is 9.88. The number of hydrogen-bond acceptors (Lipinski definition) is 0. The van der Waals surface area contributed by atoms with Gasteiger partial charge in [-0.2, -0.15) is 0 Å². The summed E-state index contributed by atoms with van der Waals surface area (Å²) in [5.41, 5.74) is 1.79. The first-order valence-corrected chi connectivity index (χ1v) is 9.88. The van der Waals surface area contributed by atoms with E-state index in [1.54, 1.807) is 0 Å². The molecule has 0 heterocycles. The molecule has 0 spiro atoms. The molecular formula is C24H40. The molecule has 0 aliphatic rings. The van der Waals surface area contributed by atoms with Crippen LogP contribution in [0.25, 0.3) is 0 Å². The molecule has 0 saturated heterocycles. The second kappa shape index (κ2) is 15.2. The summed E-state index contributed by atoms with van der Waals surface area (Å²) in [5, 5.41) is 0. The third-order valence-corrected chi connectivity index (χ3v) is 3.93. The van der Waals surface area contributed by atoms with Gasteiger partial charge in [0.1, 0.15) is 0 Å². The molecule has 0 N–H and O–H groups in total. The van der Waals surface area contributed by atoms with E-state index in [1.165, 1.54) is 56.9 Å². The van der Waals surface area contributed by atoms with Gasteiger partial charge in [0.2, 0.25) is 0 Å². The maximum Gasteiger partial charge on any atom is -0.0175 e. The first kappa shape index (κ1) is 22.7. The maximum absolute atomic E-state index is 2.42. The van der Waals surface area contributed by atoms with E-state index in [0.29, 0.717) is 5.41 Å². The Morgan fingerprint density at radius 1 is 0.875 bits per heavy atom. The summed E-state index contributed by atoms with van der Waals surface area (Å²) in [5.74, 6) is 0. The molecule has 0 radical (unpaired) electrons. The van der Waals surface area contributed by atoms with Crippen LogP contribution in [-0.4, -0.2) is 0 Å². The lowest BCUT2D eigenvalue weighted by Gasteiger charge is -2.20. The lowest BCUT2D eigenvalue weighted by Crippen LogP contribution is -2.07. The van der Waals surface area contributed by atoms with Gasteiger partial charge in [-0.1, -0.05) is 88.8 Å². The summed E-state index contributed by atoms with van der Waals surface area (Å²) in [6.45, 7) is 11.1. The van der Waals surface area contributed by atoms with Crippen molar-refractivity contribution >= 4 is 0 Å². The number of aryl methyl sites for hydroxylation is 1. The summed E-state index contributed by atoms with van der Waals surface area (Å²) >= 11 is 0. The van der Waals surface area contributed by atoms with Crippen LogP contribution in [-0.2, 0) is 6.42 Å². The molecular weight excluding hydrogens is 288 g/mol. The van der Waals surface area contributed by atoms with Gasteiger partial charge in [0.25, 0.3) is 0 Å². The van der Waals surface area contributed by atoms with E-state index in [1.807, 2.05) is 0 Å². The Morgan fingerprint density at radius 2 is 1.46 bits per heavy atom. The molecule has 24 heavy (non-hydrogen) atoms. The van der Waals surface area contributed by atoms with E-state index in [9.17, 15) is 0 Å². The molecule has 1 aromatic rings. The van der Waals surface area contributed by atoms with Crippen molar-refractivity contribution in [1.82, 2.24) is 0 Å². The third-order valence-electron chi connectivity index (χ3n) is 3.93. The van der Waals surface area contributed by atoms with Gasteiger partial charge in [-0.05, 0) is 62.8 Å². The van der Waals surface area contributed by atoms with Gasteiger partial charge in [-0.15, -0.1) is 0 Å². The Morgan fingerprint density at radius 3 is 2.04 bits per heavy atom. The van der Waals surface area contributed by atoms with Crippen LogP contribution in [0.2, 0.25) is 0 Å². The highest BCUT2D eigenvalue weighted by atomic mass is 14.2. The van der Waals surface area contributed by atoms with E-state index < -0.39 is 0 Å². The van der Waals surface area contributed by atoms with Crippen molar-refractivity contribution in [1.29, 1.82) is 0 Å². The number of allylic oxidation sites excluding steroid dienone is 4. The molecule has 0 heteroatoms. The molecule has 0 bridgehead atoms. The predicted molar refractivity (Wildman–Crippen MR) is 112 cm³/mol. The number of benzene rings is 1. The topological polar surface area (TPSA) is 0 Å². The molecule has 0 unspecified atom stereocenters. The Labute approximate surface area is 152 Å². The van der Waals surface area contributed by atoms with E-state index in [2.05, 4.69) is 89.3 Å². The van der Waals surface area contributed by atoms with Gasteiger partial charge in [-0.3, -0.25) is 0 Å². The van der Waals surface area contributed by atoms with Crippen molar-refractivity contribution in [2.75, 3.05) is 0 Å². The number of hydrogen-bond donors (Lipinski definition) is 0. The van der Waals surface area contributed by atoms with Gasteiger partial charge >= 0.3 is 0 Å². The highest BCUT2D eigenvalue weighted by Gasteiger charge is 2.12. The molecule has 0 atom stereocenters. The molecule has 0 fully saturated rings. The van der Waals surface area contributed by atoms with Gasteiger partial charge in [0.05, 0.1) is 0 Å². The minimum Gasteiger partial charge on any atom is -0.0917 e. The van der Waals surface area contributed by atoms with Crippen LogP contribution in [0.1, 0.15) is 85.1 Å². The molecule has 136 valence electrons. The molecule has 0 amide bonds. The van der Waals surface area contributed by atoms with Gasteiger partial charge in [0, 0.05) is 0 Å². The lowest BCUT2D eigenvalue weighted by molar-refractivity contribution is 0.420. The number of unbranched alkanes of at least 4 members (excludes halogenated alkanes) is 3. The fourth-order valence-corrected chi connectivity index (χ4v) is 2.57. The average molecular weight is 329 g/mol. The molecule has 0 saturated carbocycles. The molecule has 1 rings (SSSR count). The van der Waals surface area contributed by atoms with E-state index in [0.717, 1.165) is 0 Å². The lowest BCUT2D eigenvalue weighted by atomic mass is 9.86. The van der Waals surface area contributed by atoms with Crippen LogP contribution in [0.4, 0.5) is 0 Å². The molecule has 0 aromatic heterocycles. The zero-order valence-electron chi connectivity index (χ0n) is 16.9. The molecule has 0 aliphatic carbocycles. The van der Waals surface area contributed by atoms with Gasteiger partial charge in [0.15, 0.2) is 0 Å². The Bertz CT molecular complexity index is 423. The zero-order chi connectivity index (χ0) is 18.1.